The number of hydrogen-bond donors (Lipinski definition) is 1. The highest BCUT2D eigenvalue weighted by Gasteiger charge is 2.29. The third-order valence-corrected chi connectivity index (χ3v) is 5.67. The van der Waals surface area contributed by atoms with Gasteiger partial charge in [-0.2, -0.15) is 4.31 Å². The highest BCUT2D eigenvalue weighted by molar-refractivity contribution is 7.89. The standard InChI is InChI=1S/C14H21FN2O3S/c1-16-10-11-9-13(3-4-14(11)15)21(18,19)17(2)12-5-7-20-8-6-12/h3-4,9,12,16H,5-8,10H2,1-2H3. The van der Waals surface area contributed by atoms with Crippen molar-refractivity contribution < 1.29 is 17.5 Å². The lowest BCUT2D eigenvalue weighted by Crippen LogP contribution is -2.40. The molecule has 7 heteroatoms. The second-order valence-electron chi connectivity index (χ2n) is 5.15. The Morgan fingerprint density at radius 2 is 2.05 bits per heavy atom. The molecule has 1 aromatic carbocycles. The van der Waals surface area contributed by atoms with Crippen LogP contribution in [-0.4, -0.2) is 46.1 Å². The van der Waals surface area contributed by atoms with E-state index in [1.807, 2.05) is 0 Å². The van der Waals surface area contributed by atoms with Gasteiger partial charge in [0, 0.05) is 38.4 Å². The first-order valence-corrected chi connectivity index (χ1v) is 8.39. The zero-order valence-electron chi connectivity index (χ0n) is 12.3. The van der Waals surface area contributed by atoms with Crippen LogP contribution < -0.4 is 5.32 Å². The van der Waals surface area contributed by atoms with E-state index in [1.165, 1.54) is 22.5 Å². The van der Waals surface area contributed by atoms with Crippen LogP contribution in [0.3, 0.4) is 0 Å². The monoisotopic (exact) mass is 316 g/mol. The lowest BCUT2D eigenvalue weighted by molar-refractivity contribution is 0.0632. The van der Waals surface area contributed by atoms with Crippen LogP contribution in [0.1, 0.15) is 18.4 Å². The summed E-state index contributed by atoms with van der Waals surface area (Å²) in [5, 5.41) is 2.83. The highest BCUT2D eigenvalue weighted by atomic mass is 32.2. The van der Waals surface area contributed by atoms with Crippen molar-refractivity contribution in [2.24, 2.45) is 0 Å². The van der Waals surface area contributed by atoms with Crippen LogP contribution in [0, 0.1) is 5.82 Å². The average Bonchev–Trinajstić information content (AvgIpc) is 2.49. The number of sulfonamides is 1. The van der Waals surface area contributed by atoms with Crippen LogP contribution in [0.5, 0.6) is 0 Å². The van der Waals surface area contributed by atoms with E-state index in [9.17, 15) is 12.8 Å². The zero-order chi connectivity index (χ0) is 15.5. The Kier molecular flexibility index (Phi) is 5.32. The van der Waals surface area contributed by atoms with Crippen LogP contribution in [-0.2, 0) is 21.3 Å². The second-order valence-corrected chi connectivity index (χ2v) is 7.15. The molecule has 0 aliphatic carbocycles. The molecule has 1 aliphatic rings. The summed E-state index contributed by atoms with van der Waals surface area (Å²) in [7, 11) is -0.348. The molecule has 1 aliphatic heterocycles. The molecule has 0 atom stereocenters. The van der Waals surface area contributed by atoms with E-state index in [0.717, 1.165) is 0 Å². The van der Waals surface area contributed by atoms with Crippen molar-refractivity contribution in [2.45, 2.75) is 30.3 Å². The molecule has 0 unspecified atom stereocenters. The fourth-order valence-electron chi connectivity index (χ4n) is 2.45. The van der Waals surface area contributed by atoms with Crippen molar-refractivity contribution in [1.82, 2.24) is 9.62 Å². The van der Waals surface area contributed by atoms with Gasteiger partial charge in [0.1, 0.15) is 5.82 Å². The first-order chi connectivity index (χ1) is 9.96. The molecule has 1 saturated heterocycles. The number of nitrogens with one attached hydrogen (secondary N) is 1. The topological polar surface area (TPSA) is 58.6 Å². The molecule has 1 fully saturated rings. The van der Waals surface area contributed by atoms with Crippen molar-refractivity contribution in [1.29, 1.82) is 0 Å². The van der Waals surface area contributed by atoms with E-state index in [4.69, 9.17) is 4.74 Å². The summed E-state index contributed by atoms with van der Waals surface area (Å²) in [6, 6.07) is 3.86. The summed E-state index contributed by atoms with van der Waals surface area (Å²) in [5.74, 6) is -0.406. The number of benzene rings is 1. The van der Waals surface area contributed by atoms with Gasteiger partial charge in [0.15, 0.2) is 0 Å². The van der Waals surface area contributed by atoms with Gasteiger partial charge in [0.25, 0.3) is 0 Å². The Bertz CT molecular complexity index is 586. The molecule has 1 aromatic rings. The van der Waals surface area contributed by atoms with Gasteiger partial charge < -0.3 is 10.1 Å². The van der Waals surface area contributed by atoms with Gasteiger partial charge in [-0.25, -0.2) is 12.8 Å². The number of nitrogens with zero attached hydrogens (tertiary/aromatic N) is 1. The Morgan fingerprint density at radius 1 is 1.38 bits per heavy atom. The largest absolute Gasteiger partial charge is 0.381 e. The zero-order valence-corrected chi connectivity index (χ0v) is 13.1. The van der Waals surface area contributed by atoms with Crippen LogP contribution in [0.15, 0.2) is 23.1 Å². The van der Waals surface area contributed by atoms with Crippen molar-refractivity contribution in [3.05, 3.63) is 29.6 Å². The van der Waals surface area contributed by atoms with E-state index in [2.05, 4.69) is 5.32 Å². The number of halogens is 1. The molecule has 2 rings (SSSR count). The molecule has 0 spiro atoms. The predicted molar refractivity (Wildman–Crippen MR) is 78.0 cm³/mol. The van der Waals surface area contributed by atoms with Gasteiger partial charge in [-0.1, -0.05) is 0 Å². The first-order valence-electron chi connectivity index (χ1n) is 6.95. The average molecular weight is 316 g/mol. The van der Waals surface area contributed by atoms with Crippen molar-refractivity contribution >= 4 is 10.0 Å². The molecular formula is C14H21FN2O3S. The summed E-state index contributed by atoms with van der Waals surface area (Å²) >= 11 is 0. The van der Waals surface area contributed by atoms with Crippen LogP contribution in [0.4, 0.5) is 4.39 Å². The Labute approximate surface area is 125 Å². The molecule has 118 valence electrons. The van der Waals surface area contributed by atoms with Gasteiger partial charge in [-0.15, -0.1) is 0 Å². The van der Waals surface area contributed by atoms with E-state index in [1.54, 1.807) is 14.1 Å². The molecule has 1 heterocycles. The third kappa shape index (κ3) is 3.60. The maximum absolute atomic E-state index is 13.6. The van der Waals surface area contributed by atoms with E-state index in [-0.39, 0.29) is 17.5 Å². The van der Waals surface area contributed by atoms with Gasteiger partial charge in [-0.3, -0.25) is 0 Å². The molecule has 1 N–H and O–H groups in total. The fourth-order valence-corrected chi connectivity index (χ4v) is 3.92. The minimum absolute atomic E-state index is 0.0680. The summed E-state index contributed by atoms with van der Waals surface area (Å²) in [5.41, 5.74) is 0.346. The summed E-state index contributed by atoms with van der Waals surface area (Å²) in [6.07, 6.45) is 1.36. The third-order valence-electron chi connectivity index (χ3n) is 3.77. The SMILES string of the molecule is CNCc1cc(S(=O)(=O)N(C)C2CCOCC2)ccc1F. The Morgan fingerprint density at radius 3 is 2.67 bits per heavy atom. The minimum atomic E-state index is -3.61. The second kappa shape index (κ2) is 6.83. The number of rotatable bonds is 5. The molecule has 0 radical (unpaired) electrons. The van der Waals surface area contributed by atoms with Gasteiger partial charge in [0.05, 0.1) is 4.90 Å². The van der Waals surface area contributed by atoms with Gasteiger partial charge in [-0.05, 0) is 38.1 Å². The van der Waals surface area contributed by atoms with E-state index in [0.29, 0.717) is 31.6 Å². The minimum Gasteiger partial charge on any atom is -0.381 e. The van der Waals surface area contributed by atoms with E-state index < -0.39 is 15.8 Å². The highest BCUT2D eigenvalue weighted by Crippen LogP contribution is 2.23. The molecule has 0 aromatic heterocycles. The van der Waals surface area contributed by atoms with Crippen molar-refractivity contribution in [2.75, 3.05) is 27.3 Å². The normalized spacial score (nSPS) is 17.3. The van der Waals surface area contributed by atoms with Crippen molar-refractivity contribution in [3.63, 3.8) is 0 Å². The summed E-state index contributed by atoms with van der Waals surface area (Å²) in [6.45, 7) is 1.42. The predicted octanol–water partition coefficient (Wildman–Crippen LogP) is 1.34. The van der Waals surface area contributed by atoms with Crippen LogP contribution in [0.25, 0.3) is 0 Å². The number of hydrogen-bond acceptors (Lipinski definition) is 4. The van der Waals surface area contributed by atoms with Crippen LogP contribution in [0.2, 0.25) is 0 Å². The van der Waals surface area contributed by atoms with Crippen molar-refractivity contribution in [3.8, 4) is 0 Å². The lowest BCUT2D eigenvalue weighted by Gasteiger charge is -2.30. The molecular weight excluding hydrogens is 295 g/mol. The lowest BCUT2D eigenvalue weighted by atomic mass is 10.1. The molecule has 0 bridgehead atoms. The fraction of sp³-hybridized carbons (Fsp3) is 0.571. The summed E-state index contributed by atoms with van der Waals surface area (Å²) < 4.78 is 45.6. The van der Waals surface area contributed by atoms with Gasteiger partial charge >= 0.3 is 0 Å². The van der Waals surface area contributed by atoms with Gasteiger partial charge in [0.2, 0.25) is 10.0 Å². The number of ether oxygens (including phenoxy) is 1. The summed E-state index contributed by atoms with van der Waals surface area (Å²) in [4.78, 5) is 0.128. The molecule has 0 saturated carbocycles. The quantitative estimate of drug-likeness (QED) is 0.891. The van der Waals surface area contributed by atoms with Crippen LogP contribution >= 0.6 is 0 Å². The molecule has 0 amide bonds. The van der Waals surface area contributed by atoms with E-state index >= 15 is 0 Å². The Hall–Kier alpha value is -1.02. The molecule has 5 nitrogen and oxygen atoms in total. The Balaban J connectivity index is 2.27. The first kappa shape index (κ1) is 16.4. The maximum Gasteiger partial charge on any atom is 0.243 e. The smallest absolute Gasteiger partial charge is 0.243 e. The maximum atomic E-state index is 13.6. The molecule has 21 heavy (non-hydrogen) atoms.